The van der Waals surface area contributed by atoms with Crippen molar-refractivity contribution < 1.29 is 4.84 Å². The molecule has 6 nitrogen and oxygen atoms in total. The Morgan fingerprint density at radius 2 is 1.72 bits per heavy atom. The average Bonchev–Trinajstić information content (AvgIpc) is 2.69. The zero-order valence-corrected chi connectivity index (χ0v) is 18.1. The quantitative estimate of drug-likeness (QED) is 0.443. The van der Waals surface area contributed by atoms with Crippen LogP contribution in [0, 0.1) is 0 Å². The minimum atomic E-state index is -0.463. The third kappa shape index (κ3) is 3.46. The number of benzene rings is 2. The van der Waals surface area contributed by atoms with Gasteiger partial charge < -0.3 is 10.6 Å². The lowest BCUT2D eigenvalue weighted by atomic mass is 10.1. The summed E-state index contributed by atoms with van der Waals surface area (Å²) in [7, 11) is 1.37. The van der Waals surface area contributed by atoms with Gasteiger partial charge in [-0.1, -0.05) is 57.3 Å². The van der Waals surface area contributed by atoms with Gasteiger partial charge in [-0.2, -0.15) is 0 Å². The van der Waals surface area contributed by atoms with E-state index in [1.165, 1.54) is 7.11 Å². The maximum atomic E-state index is 13.1. The van der Waals surface area contributed by atoms with Crippen molar-refractivity contribution in [3.63, 3.8) is 0 Å². The lowest BCUT2D eigenvalue weighted by Gasteiger charge is -2.14. The summed E-state index contributed by atoms with van der Waals surface area (Å²) in [5.41, 5.74) is 7.38. The van der Waals surface area contributed by atoms with Crippen molar-refractivity contribution in [2.75, 3.05) is 12.8 Å². The molecule has 0 atom stereocenters. The van der Waals surface area contributed by atoms with Gasteiger partial charge in [0.2, 0.25) is 0 Å². The zero-order valence-electron chi connectivity index (χ0n) is 15.0. The first-order valence-corrected chi connectivity index (χ1v) is 9.93. The molecular weight excluding hydrogens is 479 g/mol. The van der Waals surface area contributed by atoms with Crippen molar-refractivity contribution in [3.8, 4) is 22.5 Å². The van der Waals surface area contributed by atoms with Crippen LogP contribution in [-0.4, -0.2) is 21.8 Å². The molecule has 0 amide bonds. The standard InChI is InChI=1S/C20H13BrCl2N4O2/c1-29-27-19-13(9-12(20(27)28)16-14(22)3-2-4-15(16)23)17(24)25-18(26-19)10-5-7-11(21)8-6-10/h2-9H,1H3,(H2,24,25,26). The number of hydrogen-bond donors (Lipinski definition) is 1. The van der Waals surface area contributed by atoms with Gasteiger partial charge in [-0.25, -0.2) is 9.97 Å². The maximum absolute atomic E-state index is 13.1. The summed E-state index contributed by atoms with van der Waals surface area (Å²) in [5, 5.41) is 1.11. The van der Waals surface area contributed by atoms with Crippen LogP contribution in [0.2, 0.25) is 10.0 Å². The number of nitrogens with two attached hydrogens (primary N) is 1. The summed E-state index contributed by atoms with van der Waals surface area (Å²) in [6, 6.07) is 14.0. The fourth-order valence-electron chi connectivity index (χ4n) is 3.01. The Bertz CT molecular complexity index is 1290. The van der Waals surface area contributed by atoms with Gasteiger partial charge in [0.15, 0.2) is 11.5 Å². The molecule has 0 unspecified atom stereocenters. The topological polar surface area (TPSA) is 83.0 Å². The lowest BCUT2D eigenvalue weighted by molar-refractivity contribution is 0.168. The minimum absolute atomic E-state index is 0.197. The molecular formula is C20H13BrCl2N4O2. The largest absolute Gasteiger partial charge is 0.412 e. The van der Waals surface area contributed by atoms with E-state index >= 15 is 0 Å². The van der Waals surface area contributed by atoms with Gasteiger partial charge in [-0.05, 0) is 30.3 Å². The second kappa shape index (κ2) is 7.67. The Balaban J connectivity index is 2.04. The first-order chi connectivity index (χ1) is 13.9. The molecule has 0 aliphatic rings. The third-order valence-corrected chi connectivity index (χ3v) is 5.53. The van der Waals surface area contributed by atoms with Gasteiger partial charge >= 0.3 is 0 Å². The van der Waals surface area contributed by atoms with E-state index in [-0.39, 0.29) is 17.0 Å². The highest BCUT2D eigenvalue weighted by Gasteiger charge is 2.20. The van der Waals surface area contributed by atoms with E-state index in [9.17, 15) is 4.79 Å². The number of rotatable bonds is 3. The third-order valence-electron chi connectivity index (χ3n) is 4.37. The van der Waals surface area contributed by atoms with Crippen molar-refractivity contribution in [3.05, 3.63) is 73.4 Å². The fraction of sp³-hybridized carbons (Fsp3) is 0.0500. The van der Waals surface area contributed by atoms with Crippen LogP contribution >= 0.6 is 39.1 Å². The average molecular weight is 492 g/mol. The molecule has 2 N–H and O–H groups in total. The Kier molecular flexibility index (Phi) is 5.21. The van der Waals surface area contributed by atoms with Crippen molar-refractivity contribution in [1.29, 1.82) is 0 Å². The van der Waals surface area contributed by atoms with E-state index in [4.69, 9.17) is 33.8 Å². The van der Waals surface area contributed by atoms with E-state index in [0.29, 0.717) is 26.8 Å². The number of pyridine rings is 1. The van der Waals surface area contributed by atoms with Crippen LogP contribution in [0.4, 0.5) is 5.82 Å². The monoisotopic (exact) mass is 490 g/mol. The Morgan fingerprint density at radius 1 is 1.07 bits per heavy atom. The summed E-state index contributed by atoms with van der Waals surface area (Å²) < 4.78 is 1.98. The Labute approximate surface area is 184 Å². The Morgan fingerprint density at radius 3 is 2.34 bits per heavy atom. The summed E-state index contributed by atoms with van der Waals surface area (Å²) in [6.45, 7) is 0. The fourth-order valence-corrected chi connectivity index (χ4v) is 3.88. The van der Waals surface area contributed by atoms with Crippen LogP contribution in [0.3, 0.4) is 0 Å². The maximum Gasteiger partial charge on any atom is 0.293 e. The summed E-state index contributed by atoms with van der Waals surface area (Å²) >= 11 is 16.0. The number of anilines is 1. The molecule has 0 aliphatic carbocycles. The molecule has 4 aromatic rings. The van der Waals surface area contributed by atoms with Crippen molar-refractivity contribution in [2.24, 2.45) is 0 Å². The van der Waals surface area contributed by atoms with Crippen LogP contribution in [0.1, 0.15) is 0 Å². The number of hydrogen-bond acceptors (Lipinski definition) is 5. The number of nitrogens with zero attached hydrogens (tertiary/aromatic N) is 3. The molecule has 146 valence electrons. The second-order valence-corrected chi connectivity index (χ2v) is 7.84. The summed E-state index contributed by atoms with van der Waals surface area (Å²) in [4.78, 5) is 27.4. The molecule has 4 rings (SSSR count). The first kappa shape index (κ1) is 19.7. The van der Waals surface area contributed by atoms with E-state index < -0.39 is 5.56 Å². The van der Waals surface area contributed by atoms with E-state index in [2.05, 4.69) is 25.9 Å². The molecule has 0 saturated heterocycles. The lowest BCUT2D eigenvalue weighted by Crippen LogP contribution is -2.27. The molecule has 9 heteroatoms. The van der Waals surface area contributed by atoms with Crippen LogP contribution in [0.5, 0.6) is 0 Å². The van der Waals surface area contributed by atoms with E-state index in [0.717, 1.165) is 14.8 Å². The molecule has 29 heavy (non-hydrogen) atoms. The van der Waals surface area contributed by atoms with Crippen molar-refractivity contribution >= 4 is 56.0 Å². The molecule has 0 spiro atoms. The number of fused-ring (bicyclic) bond motifs is 1. The molecule has 0 saturated carbocycles. The van der Waals surface area contributed by atoms with Gasteiger partial charge in [-0.15, -0.1) is 4.73 Å². The highest BCUT2D eigenvalue weighted by Crippen LogP contribution is 2.34. The molecule has 0 aliphatic heterocycles. The van der Waals surface area contributed by atoms with Crippen LogP contribution in [-0.2, 0) is 0 Å². The smallest absolute Gasteiger partial charge is 0.293 e. The van der Waals surface area contributed by atoms with Gasteiger partial charge in [0, 0.05) is 15.6 Å². The van der Waals surface area contributed by atoms with E-state index in [1.54, 1.807) is 24.3 Å². The number of aromatic nitrogens is 3. The zero-order chi connectivity index (χ0) is 20.7. The second-order valence-electron chi connectivity index (χ2n) is 6.11. The summed E-state index contributed by atoms with van der Waals surface area (Å²) in [5.74, 6) is 0.569. The predicted molar refractivity (Wildman–Crippen MR) is 119 cm³/mol. The molecule has 2 aromatic heterocycles. The molecule has 0 radical (unpaired) electrons. The highest BCUT2D eigenvalue weighted by molar-refractivity contribution is 9.10. The van der Waals surface area contributed by atoms with Gasteiger partial charge in [0.25, 0.3) is 5.56 Å². The number of nitrogen functional groups attached to an aromatic ring is 1. The normalized spacial score (nSPS) is 11.0. The van der Waals surface area contributed by atoms with Gasteiger partial charge in [-0.3, -0.25) is 4.79 Å². The Hall–Kier alpha value is -2.61. The van der Waals surface area contributed by atoms with Gasteiger partial charge in [0.1, 0.15) is 12.9 Å². The number of halogens is 3. The van der Waals surface area contributed by atoms with Crippen LogP contribution in [0.15, 0.2) is 57.8 Å². The summed E-state index contributed by atoms with van der Waals surface area (Å²) in [6.07, 6.45) is 0. The highest BCUT2D eigenvalue weighted by atomic mass is 79.9. The molecule has 2 heterocycles. The van der Waals surface area contributed by atoms with Crippen molar-refractivity contribution in [2.45, 2.75) is 0 Å². The van der Waals surface area contributed by atoms with Crippen LogP contribution in [0.25, 0.3) is 33.5 Å². The molecule has 2 aromatic carbocycles. The minimum Gasteiger partial charge on any atom is -0.412 e. The van der Waals surface area contributed by atoms with Crippen molar-refractivity contribution in [1.82, 2.24) is 14.7 Å². The van der Waals surface area contributed by atoms with E-state index in [1.807, 2.05) is 24.3 Å². The SMILES string of the molecule is COn1c(=O)c(-c2c(Cl)cccc2Cl)cc2c(N)nc(-c3ccc(Br)cc3)nc21. The molecule has 0 fully saturated rings. The predicted octanol–water partition coefficient (Wildman–Crippen LogP) is 4.84. The van der Waals surface area contributed by atoms with Gasteiger partial charge in [0.05, 0.1) is 21.0 Å². The van der Waals surface area contributed by atoms with Crippen LogP contribution < -0.4 is 16.1 Å². The molecule has 0 bridgehead atoms. The first-order valence-electron chi connectivity index (χ1n) is 8.38.